The van der Waals surface area contributed by atoms with Gasteiger partial charge in [-0.1, -0.05) is 128 Å². The number of morpholine rings is 1. The summed E-state index contributed by atoms with van der Waals surface area (Å²) in [6.45, 7) is 17.1. The van der Waals surface area contributed by atoms with Crippen LogP contribution in [0.3, 0.4) is 0 Å². The third-order valence-corrected chi connectivity index (χ3v) is 27.6. The fraction of sp³-hybridized carbons (Fsp3) is 0.455. The minimum Gasteiger partial charge on any atom is -0.463 e. The molecule has 1 aliphatic carbocycles. The smallest absolute Gasteiger partial charge is 0.318 e. The quantitative estimate of drug-likeness (QED) is 0.0456. The second kappa shape index (κ2) is 44.1. The number of aromatic nitrogens is 6. The number of amides is 3. The summed E-state index contributed by atoms with van der Waals surface area (Å²) in [5.41, 5.74) is 9.05. The fourth-order valence-electron chi connectivity index (χ4n) is 19.4. The highest BCUT2D eigenvalue weighted by Gasteiger charge is 2.40. The van der Waals surface area contributed by atoms with E-state index in [0.717, 1.165) is 195 Å². The van der Waals surface area contributed by atoms with Crippen molar-refractivity contribution in [3.8, 4) is 36.2 Å². The zero-order chi connectivity index (χ0) is 91.7. The number of ether oxygens (including phenoxy) is 4. The van der Waals surface area contributed by atoms with Gasteiger partial charge in [0.1, 0.15) is 56.8 Å². The fourth-order valence-corrected chi connectivity index (χ4v) is 20.3. The van der Waals surface area contributed by atoms with Gasteiger partial charge in [-0.05, 0) is 128 Å². The lowest BCUT2D eigenvalue weighted by atomic mass is 9.86. The number of allylic oxidation sites excluding steroid dienone is 3. The number of nitrogens with zero attached hydrogens (tertiary/aromatic N) is 20. The molecule has 3 aromatic heterocycles. The van der Waals surface area contributed by atoms with Crippen molar-refractivity contribution in [1.82, 2.24) is 54.4 Å². The number of likely N-dealkylation sites (tertiary alicyclic amines) is 1. The summed E-state index contributed by atoms with van der Waals surface area (Å²) >= 11 is 20.1. The number of anilines is 6. The van der Waals surface area contributed by atoms with Crippen LogP contribution in [0.2, 0.25) is 15.1 Å². The summed E-state index contributed by atoms with van der Waals surface area (Å²) in [6, 6.07) is 43.5. The van der Waals surface area contributed by atoms with Gasteiger partial charge in [0.25, 0.3) is 0 Å². The summed E-state index contributed by atoms with van der Waals surface area (Å²) in [5.74, 6) is 2.08. The van der Waals surface area contributed by atoms with Crippen LogP contribution < -0.4 is 43.6 Å². The minimum absolute atomic E-state index is 0.0851. The Balaban J connectivity index is 0.000000145. The van der Waals surface area contributed by atoms with Crippen LogP contribution in [0.15, 0.2) is 146 Å². The van der Waals surface area contributed by atoms with Crippen molar-refractivity contribution >= 4 is 119 Å². The van der Waals surface area contributed by atoms with E-state index in [4.69, 9.17) is 83.7 Å². The number of benzene rings is 6. The number of piperazine rings is 3. The molecular weight excluding hydrogens is 1740 g/mol. The molecule has 0 N–H and O–H groups in total. The monoisotopic (exact) mass is 1850 g/mol. The first-order chi connectivity index (χ1) is 64.5. The Morgan fingerprint density at radius 1 is 0.432 bits per heavy atom. The van der Waals surface area contributed by atoms with E-state index in [1.165, 1.54) is 42.9 Å². The molecule has 1 saturated carbocycles. The summed E-state index contributed by atoms with van der Waals surface area (Å²) in [6.07, 6.45) is 14.6. The predicted octanol–water partition coefficient (Wildman–Crippen LogP) is 14.7. The maximum absolute atomic E-state index is 12.8. The molecule has 132 heavy (non-hydrogen) atoms. The highest BCUT2D eigenvalue weighted by Crippen LogP contribution is 2.43. The average molecular weight is 1860 g/mol. The van der Waals surface area contributed by atoms with Gasteiger partial charge in [-0.3, -0.25) is 24.2 Å². The van der Waals surface area contributed by atoms with E-state index < -0.39 is 20.0 Å². The van der Waals surface area contributed by atoms with Crippen molar-refractivity contribution in [2.75, 3.05) is 187 Å². The number of halogens is 6. The second-order valence-electron chi connectivity index (χ2n) is 34.5. The van der Waals surface area contributed by atoms with E-state index >= 15 is 0 Å². The number of fused-ring (bicyclic) bond motifs is 6. The lowest BCUT2D eigenvalue weighted by Gasteiger charge is -2.42. The Kier molecular flexibility index (Phi) is 31.2. The predicted molar refractivity (Wildman–Crippen MR) is 508 cm³/mol. The first kappa shape index (κ1) is 93.4. The standard InChI is InChI=1S/C34H39ClFN7O3.C33H37ClFN7O2.C32H34ClFN6O2/c1-2-40-18-19-45-26(21-40)23-46-34-38-29-22-41(30-9-4-7-24-6-3-8-28(35)32(24)30)15-12-27(29)33(39-34)42-16-17-43(25(20-42)11-14-37)31(44)10-5-13-36;1-2-39-16-12-25(39)22-44-33-37-28-21-40(29-9-4-7-23-6-3-8-27(34)31(23)29)17-13-26(28)32(38-33)41-18-19-42(24(20-41)11-15-36)30(43)10-5-14-35;33-26-9-2-7-23-8-3-10-28(30(23)26)38-16-13-25-27(20-38)36-32(42-21-22-5-1-6-22)37-31(25)39-17-18-40(24(19-39)12-15-35)29(41)11-4-14-34/h3-10,25-26H,2,11-13,15-23H2,1H3;3-10,24-25H,2,11-14,16-22H2,1H3;2-4,7-11,22,24H,1,5-6,12-14,16-21H2/b2*10-5+;11-4+/t25-,26?;24-,25?;24-/m000/s1. The van der Waals surface area contributed by atoms with Gasteiger partial charge in [0.05, 0.1) is 121 Å². The lowest BCUT2D eigenvalue weighted by molar-refractivity contribution is -0.129. The molecular formula is C99H110Cl3F3N20O7. The summed E-state index contributed by atoms with van der Waals surface area (Å²) in [7, 11) is 0. The maximum Gasteiger partial charge on any atom is 0.318 e. The molecule has 9 aliphatic rings. The van der Waals surface area contributed by atoms with E-state index in [1.807, 2.05) is 42.5 Å². The normalized spacial score (nSPS) is 20.1. The Hall–Kier alpha value is -11.8. The van der Waals surface area contributed by atoms with Gasteiger partial charge in [0.15, 0.2) is 0 Å². The zero-order valence-electron chi connectivity index (χ0n) is 74.6. The Labute approximate surface area is 783 Å². The highest BCUT2D eigenvalue weighted by molar-refractivity contribution is 6.37. The van der Waals surface area contributed by atoms with Crippen molar-refractivity contribution in [3.63, 3.8) is 0 Å². The van der Waals surface area contributed by atoms with E-state index in [2.05, 4.69) is 138 Å². The number of carbonyl (C=O) groups excluding carboxylic acids is 3. The van der Waals surface area contributed by atoms with Crippen molar-refractivity contribution in [3.05, 3.63) is 194 Å². The number of hydrogen-bond donors (Lipinski definition) is 0. The molecule has 0 radical (unpaired) electrons. The maximum atomic E-state index is 12.8. The van der Waals surface area contributed by atoms with E-state index in [0.29, 0.717) is 140 Å². The lowest BCUT2D eigenvalue weighted by Crippen LogP contribution is -2.55. The molecule has 6 fully saturated rings. The Morgan fingerprint density at radius 2 is 0.803 bits per heavy atom. The molecule has 9 aromatic rings. The first-order valence-electron chi connectivity index (χ1n) is 45.9. The summed E-state index contributed by atoms with van der Waals surface area (Å²) < 4.78 is 62.7. The van der Waals surface area contributed by atoms with Gasteiger partial charge < -0.3 is 63.0 Å². The second-order valence-corrected chi connectivity index (χ2v) is 35.7. The molecule has 3 amide bonds. The molecule has 2 unspecified atom stereocenters. The Bertz CT molecular complexity index is 5860. The zero-order valence-corrected chi connectivity index (χ0v) is 76.8. The van der Waals surface area contributed by atoms with Crippen LogP contribution in [0, 0.1) is 39.9 Å². The molecule has 6 aromatic carbocycles. The van der Waals surface area contributed by atoms with Gasteiger partial charge in [0, 0.05) is 172 Å². The summed E-state index contributed by atoms with van der Waals surface area (Å²) in [4.78, 5) is 91.0. The van der Waals surface area contributed by atoms with E-state index in [9.17, 15) is 43.3 Å². The van der Waals surface area contributed by atoms with Gasteiger partial charge >= 0.3 is 18.0 Å². The SMILES string of the molecule is CCN1CCC1COc1nc2c(c(N3CCN(C(=O)/C=C/CF)[C@@H](CC#N)C3)n1)CCN(c1cccc3cccc(Cl)c13)C2.CCN1CCOC(COc2nc3c(c(N4CCN(C(=O)/C=C/CF)[C@@H](CC#N)C4)n2)CCN(c2cccc4cccc(Cl)c24)C3)C1.N#CC[C@H]1CN(c2nc(OCC3CCC3)nc3c2CCN(c2cccc4cccc(Cl)c24)C3)CCN1C(=O)/C=C/CF. The number of alkyl halides is 3. The molecule has 18 rings (SSSR count). The van der Waals surface area contributed by atoms with Crippen LogP contribution >= 0.6 is 34.8 Å². The molecule has 8 aliphatic heterocycles. The molecule has 5 atom stereocenters. The molecule has 27 nitrogen and oxygen atoms in total. The number of hydrogen-bond acceptors (Lipinski definition) is 24. The van der Waals surface area contributed by atoms with Gasteiger partial charge in [0.2, 0.25) is 17.7 Å². The molecule has 11 heterocycles. The van der Waals surface area contributed by atoms with Crippen LogP contribution in [-0.2, 0) is 58.0 Å². The van der Waals surface area contributed by atoms with Gasteiger partial charge in [-0.2, -0.15) is 45.7 Å². The number of rotatable bonds is 26. The third kappa shape index (κ3) is 21.4. The highest BCUT2D eigenvalue weighted by atomic mass is 35.5. The minimum atomic E-state index is -0.713. The van der Waals surface area contributed by atoms with Crippen molar-refractivity contribution in [1.29, 1.82) is 15.8 Å². The molecule has 33 heteroatoms. The van der Waals surface area contributed by atoms with Crippen molar-refractivity contribution in [2.45, 2.75) is 128 Å². The van der Waals surface area contributed by atoms with Crippen LogP contribution in [0.4, 0.5) is 47.7 Å². The van der Waals surface area contributed by atoms with Gasteiger partial charge in [-0.25, -0.2) is 13.2 Å². The number of carbonyl (C=O) groups is 3. The molecule has 0 bridgehead atoms. The van der Waals surface area contributed by atoms with Crippen LogP contribution in [-0.4, -0.2) is 260 Å². The van der Waals surface area contributed by atoms with Crippen LogP contribution in [0.5, 0.6) is 18.0 Å². The van der Waals surface area contributed by atoms with E-state index in [1.54, 1.807) is 14.7 Å². The van der Waals surface area contributed by atoms with Gasteiger partial charge in [-0.15, -0.1) is 0 Å². The summed E-state index contributed by atoms with van der Waals surface area (Å²) in [5, 5.41) is 37.1. The van der Waals surface area contributed by atoms with Crippen LogP contribution in [0.25, 0.3) is 32.3 Å². The average Bonchev–Trinajstić information content (AvgIpc) is 0.767. The molecule has 0 spiro atoms. The van der Waals surface area contributed by atoms with Crippen LogP contribution in [0.1, 0.15) is 92.6 Å². The Morgan fingerprint density at radius 3 is 1.14 bits per heavy atom. The number of likely N-dealkylation sites (N-methyl/N-ethyl adjacent to an activating group) is 2. The van der Waals surface area contributed by atoms with Crippen molar-refractivity contribution in [2.24, 2.45) is 5.92 Å². The largest absolute Gasteiger partial charge is 0.463 e. The number of nitriles is 3. The van der Waals surface area contributed by atoms with Crippen molar-refractivity contribution < 1.29 is 46.5 Å². The topological polar surface area (TPSA) is 272 Å². The third-order valence-electron chi connectivity index (χ3n) is 26.6. The first-order valence-corrected chi connectivity index (χ1v) is 47.0. The van der Waals surface area contributed by atoms with E-state index in [-0.39, 0.29) is 67.2 Å². The molecule has 5 saturated heterocycles. The molecule has 690 valence electrons.